The van der Waals surface area contributed by atoms with Gasteiger partial charge in [-0.05, 0) is 18.2 Å². The maximum Gasteiger partial charge on any atom is 0.274 e. The summed E-state index contributed by atoms with van der Waals surface area (Å²) in [5, 5.41) is 6.50. The summed E-state index contributed by atoms with van der Waals surface area (Å²) in [5.41, 5.74) is 1.39. The van der Waals surface area contributed by atoms with E-state index in [0.717, 1.165) is 20.6 Å². The minimum absolute atomic E-state index is 0.0643. The monoisotopic (exact) mass is 378 g/mol. The molecule has 0 aliphatic heterocycles. The minimum atomic E-state index is -0.162. The Balaban J connectivity index is 1.57. The van der Waals surface area contributed by atoms with Crippen LogP contribution in [0.1, 0.15) is 10.7 Å². The van der Waals surface area contributed by atoms with Crippen LogP contribution in [0.15, 0.2) is 53.3 Å². The first-order valence-corrected chi connectivity index (χ1v) is 9.38. The van der Waals surface area contributed by atoms with Crippen LogP contribution in [0.4, 0.5) is 0 Å². The standard InChI is InChI=1S/C20H18N4O2S/c1-23(12-18-21-15-9-5-6-10-17(15)27-18)19(25)11-16-13-7-3-4-8-14(13)20(26)24(2)22-16/h3-10H,11-12H2,1-2H3. The predicted molar refractivity (Wildman–Crippen MR) is 107 cm³/mol. The fourth-order valence-corrected chi connectivity index (χ4v) is 4.08. The zero-order valence-corrected chi connectivity index (χ0v) is 15.9. The van der Waals surface area contributed by atoms with Crippen LogP contribution in [0, 0.1) is 0 Å². The molecule has 0 bridgehead atoms. The number of hydrogen-bond donors (Lipinski definition) is 0. The van der Waals surface area contributed by atoms with Crippen molar-refractivity contribution < 1.29 is 4.79 Å². The lowest BCUT2D eigenvalue weighted by Crippen LogP contribution is -2.29. The van der Waals surface area contributed by atoms with E-state index < -0.39 is 0 Å². The summed E-state index contributed by atoms with van der Waals surface area (Å²) in [6.07, 6.45) is 0.135. The maximum absolute atomic E-state index is 12.7. The molecule has 0 spiro atoms. The summed E-state index contributed by atoms with van der Waals surface area (Å²) in [7, 11) is 3.37. The highest BCUT2D eigenvalue weighted by Crippen LogP contribution is 2.22. The van der Waals surface area contributed by atoms with Crippen LogP contribution in [0.25, 0.3) is 21.0 Å². The molecule has 2 heterocycles. The van der Waals surface area contributed by atoms with Gasteiger partial charge in [0.1, 0.15) is 5.01 Å². The normalized spacial score (nSPS) is 11.2. The molecule has 0 atom stereocenters. The van der Waals surface area contributed by atoms with Crippen LogP contribution in [0.2, 0.25) is 0 Å². The molecular formula is C20H18N4O2S. The Bertz CT molecular complexity index is 1180. The van der Waals surface area contributed by atoms with Crippen LogP contribution in [-0.2, 0) is 24.8 Å². The number of benzene rings is 2. The van der Waals surface area contributed by atoms with Gasteiger partial charge < -0.3 is 4.90 Å². The van der Waals surface area contributed by atoms with Crippen molar-refractivity contribution in [2.45, 2.75) is 13.0 Å². The predicted octanol–water partition coefficient (Wildman–Crippen LogP) is 2.74. The molecule has 2 aromatic heterocycles. The molecule has 7 heteroatoms. The Labute approximate surface area is 159 Å². The summed E-state index contributed by atoms with van der Waals surface area (Å²) in [4.78, 5) is 31.2. The largest absolute Gasteiger partial charge is 0.339 e. The number of fused-ring (bicyclic) bond motifs is 2. The van der Waals surface area contributed by atoms with Crippen LogP contribution in [0.5, 0.6) is 0 Å². The van der Waals surface area contributed by atoms with Crippen LogP contribution in [0.3, 0.4) is 0 Å². The van der Waals surface area contributed by atoms with Crippen LogP contribution >= 0.6 is 11.3 Å². The lowest BCUT2D eigenvalue weighted by molar-refractivity contribution is -0.129. The maximum atomic E-state index is 12.7. The molecule has 6 nitrogen and oxygen atoms in total. The van der Waals surface area contributed by atoms with E-state index in [4.69, 9.17) is 0 Å². The van der Waals surface area contributed by atoms with Gasteiger partial charge >= 0.3 is 0 Å². The number of aryl methyl sites for hydroxylation is 1. The second kappa shape index (κ2) is 6.92. The van der Waals surface area contributed by atoms with E-state index in [1.165, 1.54) is 4.68 Å². The van der Waals surface area contributed by atoms with Gasteiger partial charge in [-0.3, -0.25) is 9.59 Å². The number of thiazole rings is 1. The molecule has 27 heavy (non-hydrogen) atoms. The fourth-order valence-electron chi connectivity index (χ4n) is 3.06. The van der Waals surface area contributed by atoms with Crippen molar-refractivity contribution in [1.29, 1.82) is 0 Å². The molecule has 0 N–H and O–H groups in total. The number of para-hydroxylation sites is 1. The van der Waals surface area contributed by atoms with Crippen molar-refractivity contribution in [2.24, 2.45) is 7.05 Å². The molecule has 0 radical (unpaired) electrons. The fraction of sp³-hybridized carbons (Fsp3) is 0.200. The van der Waals surface area contributed by atoms with Gasteiger partial charge in [0.2, 0.25) is 5.91 Å². The number of nitrogens with zero attached hydrogens (tertiary/aromatic N) is 4. The molecule has 0 aliphatic carbocycles. The van der Waals surface area contributed by atoms with Gasteiger partial charge in [0.25, 0.3) is 5.56 Å². The third-order valence-electron chi connectivity index (χ3n) is 4.49. The quantitative estimate of drug-likeness (QED) is 0.548. The Morgan fingerprint density at radius 3 is 2.59 bits per heavy atom. The second-order valence-electron chi connectivity index (χ2n) is 6.42. The van der Waals surface area contributed by atoms with E-state index in [1.54, 1.807) is 36.4 Å². The third kappa shape index (κ3) is 3.33. The summed E-state index contributed by atoms with van der Waals surface area (Å²) in [6, 6.07) is 15.2. The SMILES string of the molecule is CN(Cc1nc2ccccc2s1)C(=O)Cc1nn(C)c(=O)c2ccccc12. The van der Waals surface area contributed by atoms with Crippen molar-refractivity contribution in [3.63, 3.8) is 0 Å². The summed E-state index contributed by atoms with van der Waals surface area (Å²) in [6.45, 7) is 0.446. The van der Waals surface area contributed by atoms with Crippen molar-refractivity contribution in [1.82, 2.24) is 19.7 Å². The van der Waals surface area contributed by atoms with E-state index in [0.29, 0.717) is 17.6 Å². The van der Waals surface area contributed by atoms with E-state index in [1.807, 2.05) is 42.5 Å². The highest BCUT2D eigenvalue weighted by atomic mass is 32.1. The first kappa shape index (κ1) is 17.4. The lowest BCUT2D eigenvalue weighted by atomic mass is 10.1. The molecule has 0 unspecified atom stereocenters. The Morgan fingerprint density at radius 2 is 1.81 bits per heavy atom. The van der Waals surface area contributed by atoms with Crippen molar-refractivity contribution >= 4 is 38.2 Å². The Kier molecular flexibility index (Phi) is 4.45. The lowest BCUT2D eigenvalue weighted by Gasteiger charge is -2.16. The molecule has 2 aromatic carbocycles. The number of amides is 1. The van der Waals surface area contributed by atoms with Gasteiger partial charge in [-0.2, -0.15) is 5.10 Å². The first-order chi connectivity index (χ1) is 13.0. The third-order valence-corrected chi connectivity index (χ3v) is 5.51. The number of hydrogen-bond acceptors (Lipinski definition) is 5. The molecular weight excluding hydrogens is 360 g/mol. The molecule has 0 saturated heterocycles. The van der Waals surface area contributed by atoms with Gasteiger partial charge in [0.05, 0.1) is 34.3 Å². The summed E-state index contributed by atoms with van der Waals surface area (Å²) < 4.78 is 2.40. The van der Waals surface area contributed by atoms with Gasteiger partial charge in [0.15, 0.2) is 0 Å². The molecule has 1 amide bonds. The number of carbonyl (C=O) groups excluding carboxylic acids is 1. The van der Waals surface area contributed by atoms with Crippen molar-refractivity contribution in [2.75, 3.05) is 7.05 Å². The smallest absolute Gasteiger partial charge is 0.274 e. The second-order valence-corrected chi connectivity index (χ2v) is 7.54. The van der Waals surface area contributed by atoms with Crippen molar-refractivity contribution in [3.8, 4) is 0 Å². The molecule has 0 aliphatic rings. The van der Waals surface area contributed by atoms with Crippen molar-refractivity contribution in [3.05, 3.63) is 69.6 Å². The number of likely N-dealkylation sites (N-methyl/N-ethyl adjacent to an activating group) is 1. The zero-order valence-electron chi connectivity index (χ0n) is 15.0. The average Bonchev–Trinajstić information content (AvgIpc) is 3.08. The zero-order chi connectivity index (χ0) is 19.0. The molecule has 4 rings (SSSR count). The molecule has 0 saturated carbocycles. The average molecular weight is 378 g/mol. The van der Waals surface area contributed by atoms with Gasteiger partial charge in [-0.1, -0.05) is 30.3 Å². The first-order valence-electron chi connectivity index (χ1n) is 8.56. The van der Waals surface area contributed by atoms with Gasteiger partial charge in [-0.25, -0.2) is 9.67 Å². The van der Waals surface area contributed by atoms with Crippen LogP contribution < -0.4 is 5.56 Å². The van der Waals surface area contributed by atoms with E-state index in [9.17, 15) is 9.59 Å². The number of aromatic nitrogens is 3. The summed E-state index contributed by atoms with van der Waals surface area (Å²) in [5.74, 6) is -0.0643. The number of rotatable bonds is 4. The van der Waals surface area contributed by atoms with E-state index >= 15 is 0 Å². The highest BCUT2D eigenvalue weighted by Gasteiger charge is 2.16. The van der Waals surface area contributed by atoms with E-state index in [-0.39, 0.29) is 17.9 Å². The highest BCUT2D eigenvalue weighted by molar-refractivity contribution is 7.18. The Morgan fingerprint density at radius 1 is 1.11 bits per heavy atom. The van der Waals surface area contributed by atoms with Gasteiger partial charge in [0, 0.05) is 19.5 Å². The van der Waals surface area contributed by atoms with Gasteiger partial charge in [-0.15, -0.1) is 11.3 Å². The van der Waals surface area contributed by atoms with Crippen LogP contribution in [-0.4, -0.2) is 32.6 Å². The number of carbonyl (C=O) groups is 1. The Hall–Kier alpha value is -3.06. The molecule has 4 aromatic rings. The minimum Gasteiger partial charge on any atom is -0.339 e. The topological polar surface area (TPSA) is 68.1 Å². The summed E-state index contributed by atoms with van der Waals surface area (Å²) >= 11 is 1.59. The van der Waals surface area contributed by atoms with E-state index in [2.05, 4.69) is 10.1 Å². The molecule has 136 valence electrons. The molecule has 0 fully saturated rings.